The fourth-order valence-electron chi connectivity index (χ4n) is 4.69. The minimum atomic E-state index is -1.08. The number of hydrogen-bond acceptors (Lipinski definition) is 4. The van der Waals surface area contributed by atoms with Crippen molar-refractivity contribution in [1.82, 2.24) is 0 Å². The highest BCUT2D eigenvalue weighted by molar-refractivity contribution is 5.66. The highest BCUT2D eigenvalue weighted by atomic mass is 16.4. The third-order valence-electron chi connectivity index (χ3n) is 6.70. The van der Waals surface area contributed by atoms with E-state index in [-0.39, 0.29) is 19.3 Å². The number of carbonyl (C=O) groups excluding carboxylic acids is 1. The van der Waals surface area contributed by atoms with Crippen molar-refractivity contribution in [1.29, 1.82) is 0 Å². The van der Waals surface area contributed by atoms with Gasteiger partial charge in [0.25, 0.3) is 0 Å². The van der Waals surface area contributed by atoms with Gasteiger partial charge in [-0.2, -0.15) is 0 Å². The first-order valence-corrected chi connectivity index (χ1v) is 13.9. The zero-order chi connectivity index (χ0) is 26.2. The van der Waals surface area contributed by atoms with E-state index in [4.69, 9.17) is 10.2 Å². The molecule has 0 radical (unpaired) electrons. The summed E-state index contributed by atoms with van der Waals surface area (Å²) in [4.78, 5) is 32.9. The molecule has 0 spiro atoms. The van der Waals surface area contributed by atoms with Crippen LogP contribution in [0.5, 0.6) is 0 Å². The molecule has 0 aliphatic carbocycles. The van der Waals surface area contributed by atoms with Crippen molar-refractivity contribution in [2.75, 3.05) is 26.2 Å². The van der Waals surface area contributed by atoms with E-state index in [1.165, 1.54) is 64.2 Å². The molecule has 35 heavy (non-hydrogen) atoms. The first-order valence-electron chi connectivity index (χ1n) is 13.9. The van der Waals surface area contributed by atoms with Crippen molar-refractivity contribution in [3.05, 3.63) is 12.2 Å². The van der Waals surface area contributed by atoms with Gasteiger partial charge in [-0.15, -0.1) is 0 Å². The molecule has 0 bridgehead atoms. The maximum absolute atomic E-state index is 11.0. The lowest BCUT2D eigenvalue weighted by molar-refractivity contribution is -0.929. The molecule has 0 amide bonds. The first kappa shape index (κ1) is 33.1. The molecule has 0 aliphatic rings. The molecule has 7 heteroatoms. The fraction of sp³-hybridized carbons (Fsp3) is 0.821. The molecule has 0 aromatic rings. The van der Waals surface area contributed by atoms with Crippen LogP contribution < -0.4 is 5.11 Å². The molecular weight excluding hydrogens is 446 g/mol. The Kier molecular flexibility index (Phi) is 21.3. The number of quaternary nitrogens is 1. The maximum Gasteiger partial charge on any atom is 0.303 e. The van der Waals surface area contributed by atoms with Crippen LogP contribution in [0.4, 0.5) is 0 Å². The molecular formula is C28H51NO6. The van der Waals surface area contributed by atoms with Gasteiger partial charge in [0, 0.05) is 25.2 Å². The second-order valence-electron chi connectivity index (χ2n) is 9.94. The van der Waals surface area contributed by atoms with Crippen LogP contribution in [0.15, 0.2) is 12.2 Å². The maximum atomic E-state index is 11.0. The number of rotatable bonds is 26. The third kappa shape index (κ3) is 22.3. The van der Waals surface area contributed by atoms with Crippen molar-refractivity contribution < 1.29 is 34.2 Å². The topological polar surface area (TPSA) is 115 Å². The van der Waals surface area contributed by atoms with Gasteiger partial charge in [-0.3, -0.25) is 9.59 Å². The summed E-state index contributed by atoms with van der Waals surface area (Å²) in [6.07, 6.45) is 20.7. The number of carboxylic acid groups (broad SMARTS) is 3. The van der Waals surface area contributed by atoms with Crippen LogP contribution in [-0.4, -0.2) is 58.8 Å². The van der Waals surface area contributed by atoms with E-state index < -0.39 is 17.9 Å². The number of aliphatic carboxylic acids is 3. The van der Waals surface area contributed by atoms with Gasteiger partial charge in [-0.05, 0) is 38.5 Å². The van der Waals surface area contributed by atoms with Crippen molar-refractivity contribution in [3.8, 4) is 0 Å². The molecule has 0 atom stereocenters. The van der Waals surface area contributed by atoms with E-state index in [1.807, 2.05) is 0 Å². The van der Waals surface area contributed by atoms with E-state index in [0.29, 0.717) is 43.4 Å². The zero-order valence-corrected chi connectivity index (χ0v) is 22.2. The number of nitrogens with zero attached hydrogens (tertiary/aromatic N) is 1. The van der Waals surface area contributed by atoms with Gasteiger partial charge in [0.2, 0.25) is 0 Å². The Bertz CT molecular complexity index is 540. The minimum absolute atomic E-state index is 0.0214. The minimum Gasteiger partial charge on any atom is -0.550 e. The van der Waals surface area contributed by atoms with E-state index in [9.17, 15) is 19.5 Å². The van der Waals surface area contributed by atoms with Gasteiger partial charge in [-0.1, -0.05) is 64.0 Å². The van der Waals surface area contributed by atoms with Crippen LogP contribution in [0.2, 0.25) is 0 Å². The lowest BCUT2D eigenvalue weighted by Crippen LogP contribution is -2.51. The molecule has 7 nitrogen and oxygen atoms in total. The van der Waals surface area contributed by atoms with Crippen LogP contribution in [0.3, 0.4) is 0 Å². The molecule has 0 saturated carbocycles. The molecule has 0 aromatic carbocycles. The Morgan fingerprint density at radius 3 is 1.46 bits per heavy atom. The quantitative estimate of drug-likeness (QED) is 0.0949. The normalized spacial score (nSPS) is 11.8. The smallest absolute Gasteiger partial charge is 0.303 e. The summed E-state index contributed by atoms with van der Waals surface area (Å²) in [7, 11) is 0. The zero-order valence-electron chi connectivity index (χ0n) is 22.2. The van der Waals surface area contributed by atoms with E-state index >= 15 is 0 Å². The van der Waals surface area contributed by atoms with Crippen LogP contribution >= 0.6 is 0 Å². The molecule has 0 rings (SSSR count). The second-order valence-corrected chi connectivity index (χ2v) is 9.94. The average Bonchev–Trinajstić information content (AvgIpc) is 2.78. The predicted octanol–water partition coefficient (Wildman–Crippen LogP) is 5.32. The first-order chi connectivity index (χ1) is 16.8. The Morgan fingerprint density at radius 2 is 1.00 bits per heavy atom. The Labute approximate surface area is 213 Å². The van der Waals surface area contributed by atoms with Crippen LogP contribution in [0, 0.1) is 0 Å². The second kappa shape index (κ2) is 22.6. The summed E-state index contributed by atoms with van der Waals surface area (Å²) in [6.45, 7) is 4.98. The molecule has 0 aromatic heterocycles. The van der Waals surface area contributed by atoms with Gasteiger partial charge in [0.05, 0.1) is 39.0 Å². The molecule has 0 saturated heterocycles. The number of carbonyl (C=O) groups is 3. The lowest BCUT2D eigenvalue weighted by atomic mass is 10.1. The molecule has 0 aliphatic heterocycles. The van der Waals surface area contributed by atoms with Crippen molar-refractivity contribution >= 4 is 17.9 Å². The fourth-order valence-corrected chi connectivity index (χ4v) is 4.69. The standard InChI is InChI=1S/C28H51NO6/c1-2-3-4-5-6-7-8-9-10-11-12-13-14-15-22-29(23-16-19-26(30)31,24-17-20-27(32)33)25-18-21-28(34)35/h5-6H,2-4,7-25H2,1H3,(H2-,30,31,32,33,34,35)/b6-5+. The van der Waals surface area contributed by atoms with Crippen LogP contribution in [0.1, 0.15) is 122 Å². The lowest BCUT2D eigenvalue weighted by Gasteiger charge is -2.39. The molecule has 2 N–H and O–H groups in total. The summed E-state index contributed by atoms with van der Waals surface area (Å²) in [5.41, 5.74) is 0. The molecule has 0 fully saturated rings. The van der Waals surface area contributed by atoms with Gasteiger partial charge in [0.1, 0.15) is 0 Å². The Hall–Kier alpha value is -1.89. The number of allylic oxidation sites excluding steroid dienone is 2. The Morgan fingerprint density at radius 1 is 0.600 bits per heavy atom. The van der Waals surface area contributed by atoms with Crippen LogP contribution in [0.25, 0.3) is 0 Å². The highest BCUT2D eigenvalue weighted by Crippen LogP contribution is 2.18. The van der Waals surface area contributed by atoms with Crippen molar-refractivity contribution in [2.45, 2.75) is 122 Å². The van der Waals surface area contributed by atoms with E-state index in [0.717, 1.165) is 19.4 Å². The summed E-state index contributed by atoms with van der Waals surface area (Å²) >= 11 is 0. The van der Waals surface area contributed by atoms with Gasteiger partial charge in [0.15, 0.2) is 0 Å². The molecule has 0 unspecified atom stereocenters. The average molecular weight is 498 g/mol. The summed E-state index contributed by atoms with van der Waals surface area (Å²) < 4.78 is 0.611. The van der Waals surface area contributed by atoms with Crippen LogP contribution in [-0.2, 0) is 14.4 Å². The summed E-state index contributed by atoms with van der Waals surface area (Å²) in [6, 6.07) is 0. The summed E-state index contributed by atoms with van der Waals surface area (Å²) in [5, 5.41) is 29.0. The Balaban J connectivity index is 4.40. The van der Waals surface area contributed by atoms with E-state index in [2.05, 4.69) is 19.1 Å². The number of unbranched alkanes of at least 4 members (excludes halogenated alkanes) is 10. The molecule has 0 heterocycles. The predicted molar refractivity (Wildman–Crippen MR) is 138 cm³/mol. The number of carboxylic acids is 3. The highest BCUT2D eigenvalue weighted by Gasteiger charge is 2.26. The van der Waals surface area contributed by atoms with Gasteiger partial charge in [-0.25, -0.2) is 0 Å². The largest absolute Gasteiger partial charge is 0.550 e. The molecule has 204 valence electrons. The van der Waals surface area contributed by atoms with Crippen molar-refractivity contribution in [3.63, 3.8) is 0 Å². The summed E-state index contributed by atoms with van der Waals surface area (Å²) in [5.74, 6) is -2.75. The van der Waals surface area contributed by atoms with Gasteiger partial charge < -0.3 is 24.6 Å². The van der Waals surface area contributed by atoms with E-state index in [1.54, 1.807) is 0 Å². The third-order valence-corrected chi connectivity index (χ3v) is 6.70. The monoisotopic (exact) mass is 497 g/mol. The van der Waals surface area contributed by atoms with Gasteiger partial charge >= 0.3 is 11.9 Å². The number of hydrogen-bond donors (Lipinski definition) is 2. The van der Waals surface area contributed by atoms with Crippen molar-refractivity contribution in [2.24, 2.45) is 0 Å². The SMILES string of the molecule is CCCC/C=C/CCCCCCCCCC[N+](CCCC(=O)[O-])(CCCC(=O)O)CCCC(=O)O.